The smallest absolute Gasteiger partial charge is 0.273 e. The standard InChI is InChI=1S/C29H35Cl2N3O4S/c1-17-5-4-6-20(18(17)2)16-34(23-7-8-23)28(36)22(14-32)11-24-15-33-29(39-24)38-10-9-37-27-25(30)12-21(19(3)35)13-26(27)31/h4-6,12-13,15,19,22-23,35H,7-11,14,16,32H2,1-3H3/t19-,22+/m0/s1. The number of amides is 1. The van der Waals surface area contributed by atoms with Crippen LogP contribution >= 0.6 is 34.5 Å². The van der Waals surface area contributed by atoms with Crippen LogP contribution in [-0.4, -0.2) is 46.7 Å². The van der Waals surface area contributed by atoms with Crippen molar-refractivity contribution in [1.82, 2.24) is 9.88 Å². The fourth-order valence-electron chi connectivity index (χ4n) is 4.37. The molecule has 0 aliphatic heterocycles. The molecule has 3 aromatic rings. The van der Waals surface area contributed by atoms with Crippen molar-refractivity contribution in [2.24, 2.45) is 11.7 Å². The topological polar surface area (TPSA) is 97.9 Å². The van der Waals surface area contributed by atoms with Gasteiger partial charge in [0.05, 0.1) is 22.1 Å². The Morgan fingerprint density at radius 2 is 1.90 bits per heavy atom. The molecule has 10 heteroatoms. The van der Waals surface area contributed by atoms with Crippen LogP contribution in [0.15, 0.2) is 36.5 Å². The van der Waals surface area contributed by atoms with Gasteiger partial charge in [0.25, 0.3) is 5.19 Å². The Kier molecular flexibility index (Phi) is 10.1. The van der Waals surface area contributed by atoms with E-state index in [-0.39, 0.29) is 37.6 Å². The number of thiazole rings is 1. The molecule has 0 unspecified atom stereocenters. The lowest BCUT2D eigenvalue weighted by Crippen LogP contribution is -2.41. The Morgan fingerprint density at radius 3 is 2.54 bits per heavy atom. The van der Waals surface area contributed by atoms with Gasteiger partial charge in [0.15, 0.2) is 5.75 Å². The zero-order valence-electron chi connectivity index (χ0n) is 22.5. The van der Waals surface area contributed by atoms with Crippen LogP contribution in [-0.2, 0) is 17.8 Å². The van der Waals surface area contributed by atoms with Gasteiger partial charge in [0.2, 0.25) is 5.91 Å². The highest BCUT2D eigenvalue weighted by Gasteiger charge is 2.36. The predicted molar refractivity (Wildman–Crippen MR) is 156 cm³/mol. The predicted octanol–water partition coefficient (Wildman–Crippen LogP) is 5.89. The minimum absolute atomic E-state index is 0.0977. The van der Waals surface area contributed by atoms with Crippen LogP contribution in [0.1, 0.15) is 53.0 Å². The molecule has 210 valence electrons. The number of aromatic nitrogens is 1. The van der Waals surface area contributed by atoms with Crippen LogP contribution in [0.25, 0.3) is 0 Å². The number of hydrogen-bond donors (Lipinski definition) is 2. The zero-order chi connectivity index (χ0) is 28.1. The quantitative estimate of drug-likeness (QED) is 0.241. The lowest BCUT2D eigenvalue weighted by Gasteiger charge is -2.27. The number of hydrogen-bond acceptors (Lipinski definition) is 7. The van der Waals surface area contributed by atoms with Gasteiger partial charge in [-0.1, -0.05) is 52.7 Å². The second-order valence-corrected chi connectivity index (χ2v) is 11.9. The molecule has 1 aromatic heterocycles. The molecule has 7 nitrogen and oxygen atoms in total. The molecule has 0 spiro atoms. The number of aliphatic hydroxyl groups is 1. The fraction of sp³-hybridized carbons (Fsp3) is 0.448. The minimum atomic E-state index is -0.681. The molecule has 39 heavy (non-hydrogen) atoms. The SMILES string of the molecule is Cc1cccc(CN(C(=O)[C@@H](CN)Cc2cnc(OCCOc3c(Cl)cc([C@H](C)O)cc3Cl)s2)C2CC2)c1C. The molecule has 2 atom stereocenters. The van der Waals surface area contributed by atoms with Crippen molar-refractivity contribution in [3.8, 4) is 10.9 Å². The first-order valence-electron chi connectivity index (χ1n) is 13.1. The van der Waals surface area contributed by atoms with Gasteiger partial charge in [-0.2, -0.15) is 0 Å². The lowest BCUT2D eigenvalue weighted by atomic mass is 10.00. The van der Waals surface area contributed by atoms with Crippen molar-refractivity contribution in [2.45, 2.75) is 58.7 Å². The number of carbonyl (C=O) groups is 1. The average Bonchev–Trinajstić information content (AvgIpc) is 3.65. The number of benzene rings is 2. The molecule has 1 aliphatic carbocycles. The Hall–Kier alpha value is -2.36. The fourth-order valence-corrected chi connectivity index (χ4v) is 5.85. The van der Waals surface area contributed by atoms with Gasteiger partial charge in [0.1, 0.15) is 13.2 Å². The first-order chi connectivity index (χ1) is 18.7. The molecule has 1 heterocycles. The summed E-state index contributed by atoms with van der Waals surface area (Å²) in [5, 5.41) is 10.9. The van der Waals surface area contributed by atoms with Crippen molar-refractivity contribution >= 4 is 40.4 Å². The first-order valence-corrected chi connectivity index (χ1v) is 14.7. The molecule has 1 aliphatic rings. The number of aryl methyl sites for hydroxylation is 1. The van der Waals surface area contributed by atoms with E-state index in [9.17, 15) is 9.90 Å². The highest BCUT2D eigenvalue weighted by Crippen LogP contribution is 2.36. The molecule has 1 fully saturated rings. The summed E-state index contributed by atoms with van der Waals surface area (Å²) in [5.74, 6) is 0.123. The van der Waals surface area contributed by atoms with Gasteiger partial charge in [-0.15, -0.1) is 0 Å². The molecule has 1 saturated carbocycles. The maximum absolute atomic E-state index is 13.6. The number of ether oxygens (including phenoxy) is 2. The molecular weight excluding hydrogens is 557 g/mol. The van der Waals surface area contributed by atoms with Crippen LogP contribution in [0.5, 0.6) is 10.9 Å². The zero-order valence-corrected chi connectivity index (χ0v) is 24.8. The summed E-state index contributed by atoms with van der Waals surface area (Å²) >= 11 is 13.9. The van der Waals surface area contributed by atoms with Gasteiger partial charge in [-0.25, -0.2) is 4.98 Å². The molecule has 3 N–H and O–H groups in total. The summed E-state index contributed by atoms with van der Waals surface area (Å²) in [7, 11) is 0. The number of nitrogens with zero attached hydrogens (tertiary/aromatic N) is 2. The third kappa shape index (κ3) is 7.64. The van der Waals surface area contributed by atoms with Crippen molar-refractivity contribution in [2.75, 3.05) is 19.8 Å². The number of halogens is 2. The number of carbonyl (C=O) groups excluding carboxylic acids is 1. The number of aliphatic hydroxyl groups excluding tert-OH is 1. The summed E-state index contributed by atoms with van der Waals surface area (Å²) in [6.07, 6.45) is 3.65. The Balaban J connectivity index is 1.31. The Morgan fingerprint density at radius 1 is 1.21 bits per heavy atom. The highest BCUT2D eigenvalue weighted by atomic mass is 35.5. The molecule has 2 aromatic carbocycles. The van der Waals surface area contributed by atoms with Gasteiger partial charge >= 0.3 is 0 Å². The highest BCUT2D eigenvalue weighted by molar-refractivity contribution is 7.13. The van der Waals surface area contributed by atoms with E-state index in [1.807, 2.05) is 11.0 Å². The van der Waals surface area contributed by atoms with Gasteiger partial charge in [-0.3, -0.25) is 4.79 Å². The largest absolute Gasteiger partial charge is 0.487 e. The van der Waals surface area contributed by atoms with Gasteiger partial charge < -0.3 is 25.2 Å². The van der Waals surface area contributed by atoms with E-state index in [2.05, 4.69) is 31.0 Å². The second-order valence-electron chi connectivity index (χ2n) is 9.97. The van der Waals surface area contributed by atoms with Gasteiger partial charge in [0, 0.05) is 30.2 Å². The van der Waals surface area contributed by atoms with Crippen molar-refractivity contribution in [1.29, 1.82) is 0 Å². The van der Waals surface area contributed by atoms with Gasteiger partial charge in [-0.05, 0) is 74.4 Å². The first kappa shape index (κ1) is 29.6. The van der Waals surface area contributed by atoms with E-state index >= 15 is 0 Å². The summed E-state index contributed by atoms with van der Waals surface area (Å²) in [6.45, 7) is 7.18. The molecule has 4 rings (SSSR count). The van der Waals surface area contributed by atoms with E-state index in [4.69, 9.17) is 38.4 Å². The van der Waals surface area contributed by atoms with Crippen LogP contribution in [0.3, 0.4) is 0 Å². The van der Waals surface area contributed by atoms with Crippen LogP contribution in [0.2, 0.25) is 10.0 Å². The van der Waals surface area contributed by atoms with E-state index < -0.39 is 6.10 Å². The van der Waals surface area contributed by atoms with E-state index in [0.29, 0.717) is 39.5 Å². The van der Waals surface area contributed by atoms with Crippen molar-refractivity contribution < 1.29 is 19.4 Å². The normalized spacial score (nSPS) is 14.6. The monoisotopic (exact) mass is 591 g/mol. The third-order valence-electron chi connectivity index (χ3n) is 7.00. The Labute approximate surface area is 243 Å². The van der Waals surface area contributed by atoms with E-state index in [0.717, 1.165) is 17.7 Å². The van der Waals surface area contributed by atoms with E-state index in [1.54, 1.807) is 25.3 Å². The van der Waals surface area contributed by atoms with Crippen molar-refractivity contribution in [3.63, 3.8) is 0 Å². The maximum atomic E-state index is 13.6. The molecule has 0 saturated heterocycles. The molecule has 0 radical (unpaired) electrons. The minimum Gasteiger partial charge on any atom is -0.487 e. The summed E-state index contributed by atoms with van der Waals surface area (Å²) in [4.78, 5) is 20.9. The number of nitrogens with two attached hydrogens (primary N) is 1. The average molecular weight is 593 g/mol. The summed E-state index contributed by atoms with van der Waals surface area (Å²) in [6, 6.07) is 9.79. The maximum Gasteiger partial charge on any atom is 0.273 e. The van der Waals surface area contributed by atoms with Crippen LogP contribution < -0.4 is 15.2 Å². The lowest BCUT2D eigenvalue weighted by molar-refractivity contribution is -0.136. The third-order valence-corrected chi connectivity index (χ3v) is 8.49. The number of rotatable bonds is 13. The Bertz CT molecular complexity index is 1270. The molecule has 0 bridgehead atoms. The van der Waals surface area contributed by atoms with Crippen LogP contribution in [0, 0.1) is 19.8 Å². The second kappa shape index (κ2) is 13.3. The van der Waals surface area contributed by atoms with Crippen molar-refractivity contribution in [3.05, 3.63) is 73.7 Å². The van der Waals surface area contributed by atoms with Crippen LogP contribution in [0.4, 0.5) is 0 Å². The molecular formula is C29H35Cl2N3O4S. The van der Waals surface area contributed by atoms with E-state index in [1.165, 1.54) is 28.0 Å². The summed E-state index contributed by atoms with van der Waals surface area (Å²) in [5.41, 5.74) is 10.4. The molecule has 1 amide bonds. The summed E-state index contributed by atoms with van der Waals surface area (Å²) < 4.78 is 11.5.